The van der Waals surface area contributed by atoms with Gasteiger partial charge in [-0.3, -0.25) is 9.59 Å². The zero-order chi connectivity index (χ0) is 32.5. The first-order valence-corrected chi connectivity index (χ1v) is 13.9. The minimum absolute atomic E-state index is 0.00528. The van der Waals surface area contributed by atoms with E-state index in [-0.39, 0.29) is 68.1 Å². The molecule has 0 spiro atoms. The Balaban J connectivity index is 2.13. The quantitative estimate of drug-likeness (QED) is 0.101. The molecule has 0 saturated carbocycles. The molecule has 0 amide bonds. The molecule has 0 aliphatic carbocycles. The van der Waals surface area contributed by atoms with E-state index < -0.39 is 30.7 Å². The minimum atomic E-state index is -1.43. The molecule has 0 bridgehead atoms. The van der Waals surface area contributed by atoms with E-state index in [0.717, 1.165) is 0 Å². The molecule has 13 nitrogen and oxygen atoms in total. The number of rotatable bonds is 15. The van der Waals surface area contributed by atoms with Crippen molar-refractivity contribution in [3.8, 4) is 17.2 Å². The topological polar surface area (TPSA) is 170 Å². The molecule has 0 heterocycles. The van der Waals surface area contributed by atoms with E-state index in [1.54, 1.807) is 52.0 Å². The number of hydrogen-bond acceptors (Lipinski definition) is 12. The summed E-state index contributed by atoms with van der Waals surface area (Å²) in [6.45, 7) is 6.71. The maximum atomic E-state index is 12.4. The van der Waals surface area contributed by atoms with Gasteiger partial charge in [0.15, 0.2) is 0 Å². The molecule has 13 heteroatoms. The van der Waals surface area contributed by atoms with Crippen LogP contribution in [0.15, 0.2) is 42.5 Å². The van der Waals surface area contributed by atoms with Crippen molar-refractivity contribution in [3.05, 3.63) is 53.6 Å². The second-order valence-electron chi connectivity index (χ2n) is 9.29. The summed E-state index contributed by atoms with van der Waals surface area (Å²) >= 11 is 0. The highest BCUT2D eigenvalue weighted by Crippen LogP contribution is 2.26. The fourth-order valence-corrected chi connectivity index (χ4v) is 3.32. The summed E-state index contributed by atoms with van der Waals surface area (Å²) in [4.78, 5) is 58.1. The van der Waals surface area contributed by atoms with Crippen molar-refractivity contribution in [2.75, 3.05) is 13.2 Å². The van der Waals surface area contributed by atoms with Crippen LogP contribution in [0.25, 0.3) is 12.2 Å². The second kappa shape index (κ2) is 18.5. The van der Waals surface area contributed by atoms with Crippen LogP contribution in [0.2, 0.25) is 0 Å². The Morgan fingerprint density at radius 1 is 0.659 bits per heavy atom. The van der Waals surface area contributed by atoms with E-state index in [2.05, 4.69) is 4.74 Å². The summed E-state index contributed by atoms with van der Waals surface area (Å²) in [6.07, 6.45) is -0.419. The fourth-order valence-electron chi connectivity index (χ4n) is 3.32. The highest BCUT2D eigenvalue weighted by Gasteiger charge is 2.17. The van der Waals surface area contributed by atoms with E-state index in [4.69, 9.17) is 33.5 Å². The van der Waals surface area contributed by atoms with Gasteiger partial charge >= 0.3 is 30.4 Å². The lowest BCUT2D eigenvalue weighted by atomic mass is 10.1. The van der Waals surface area contributed by atoms with Gasteiger partial charge in [-0.15, -0.1) is 0 Å². The molecule has 238 valence electrons. The molecule has 2 rings (SSSR count). The number of benzene rings is 2. The highest BCUT2D eigenvalue weighted by molar-refractivity contribution is 5.74. The second-order valence-corrected chi connectivity index (χ2v) is 9.29. The molecule has 2 atom stereocenters. The van der Waals surface area contributed by atoms with Crippen molar-refractivity contribution in [2.45, 2.75) is 65.6 Å². The van der Waals surface area contributed by atoms with Gasteiger partial charge in [-0.2, -0.15) is 0 Å². The first-order valence-electron chi connectivity index (χ1n) is 13.9. The Hall–Kier alpha value is -5.07. The van der Waals surface area contributed by atoms with Crippen LogP contribution in [-0.4, -0.2) is 60.9 Å². The van der Waals surface area contributed by atoms with Gasteiger partial charge in [0.1, 0.15) is 29.5 Å². The number of esters is 2. The standard InChI is InChI=1S/C31H36O13/c1-5-27(32)38-15-13-20(3)40-30(36)43-25-17-23(8-7-22-9-11-24(12-10-22)42-29(34)35)18-26(19-25)44-31(37)41-21(4)14-16-39-28(33)6-2/h7-12,17-21H,5-6,13-16H2,1-4H3,(H,34,35)/b8-7+/t20-,21-/m1/s1. The van der Waals surface area contributed by atoms with Gasteiger partial charge in [0.05, 0.1) is 13.2 Å². The molecule has 0 saturated heterocycles. The van der Waals surface area contributed by atoms with E-state index >= 15 is 0 Å². The van der Waals surface area contributed by atoms with Crippen molar-refractivity contribution in [1.29, 1.82) is 0 Å². The van der Waals surface area contributed by atoms with Crippen LogP contribution in [0, 0.1) is 0 Å². The number of carbonyl (C=O) groups is 5. The largest absolute Gasteiger partial charge is 0.514 e. The molecule has 44 heavy (non-hydrogen) atoms. The fraction of sp³-hybridized carbons (Fsp3) is 0.387. The molecule has 0 unspecified atom stereocenters. The molecule has 2 aromatic carbocycles. The molecule has 0 aromatic heterocycles. The van der Waals surface area contributed by atoms with Crippen LogP contribution < -0.4 is 14.2 Å². The van der Waals surface area contributed by atoms with Crippen LogP contribution in [0.4, 0.5) is 14.4 Å². The summed E-state index contributed by atoms with van der Waals surface area (Å²) < 4.78 is 35.6. The predicted octanol–water partition coefficient (Wildman–Crippen LogP) is 6.41. The van der Waals surface area contributed by atoms with Crippen LogP contribution in [0.3, 0.4) is 0 Å². The smallest absolute Gasteiger partial charge is 0.466 e. The third kappa shape index (κ3) is 14.2. The van der Waals surface area contributed by atoms with Crippen LogP contribution >= 0.6 is 0 Å². The maximum absolute atomic E-state index is 12.4. The van der Waals surface area contributed by atoms with Crippen LogP contribution in [-0.2, 0) is 28.5 Å². The number of hydrogen-bond donors (Lipinski definition) is 1. The van der Waals surface area contributed by atoms with Crippen LogP contribution in [0.1, 0.15) is 64.5 Å². The Bertz CT molecular complexity index is 1240. The van der Waals surface area contributed by atoms with Gasteiger partial charge in [-0.1, -0.05) is 38.1 Å². The Kier molecular flexibility index (Phi) is 14.7. The van der Waals surface area contributed by atoms with Gasteiger partial charge in [0.25, 0.3) is 0 Å². The number of carbonyl (C=O) groups excluding carboxylic acids is 4. The van der Waals surface area contributed by atoms with Gasteiger partial charge < -0.3 is 38.3 Å². The summed E-state index contributed by atoms with van der Waals surface area (Å²) in [6, 6.07) is 10.5. The predicted molar refractivity (Wildman–Crippen MR) is 155 cm³/mol. The van der Waals surface area contributed by atoms with Crippen LogP contribution in [0.5, 0.6) is 17.2 Å². The third-order valence-electron chi connectivity index (χ3n) is 5.61. The molecule has 0 aliphatic heterocycles. The SMILES string of the molecule is CCC(=O)OCC[C@@H](C)OC(=O)Oc1cc(/C=C/c2ccc(OC(=O)O)cc2)cc(OC(=O)O[C@H](C)CCOC(=O)CC)c1. The number of carboxylic acid groups (broad SMARTS) is 1. The average Bonchev–Trinajstić information content (AvgIpc) is 2.95. The molecule has 1 N–H and O–H groups in total. The zero-order valence-corrected chi connectivity index (χ0v) is 24.9. The normalized spacial score (nSPS) is 12.0. The average molecular weight is 617 g/mol. The van der Waals surface area contributed by atoms with E-state index in [1.165, 1.54) is 30.3 Å². The Morgan fingerprint density at radius 2 is 1.11 bits per heavy atom. The molecule has 0 radical (unpaired) electrons. The maximum Gasteiger partial charge on any atom is 0.514 e. The third-order valence-corrected chi connectivity index (χ3v) is 5.61. The van der Waals surface area contributed by atoms with Gasteiger partial charge in [0.2, 0.25) is 0 Å². The van der Waals surface area contributed by atoms with Crippen molar-refractivity contribution >= 4 is 42.6 Å². The summed E-state index contributed by atoms with van der Waals surface area (Å²) in [5.74, 6) is -0.596. The monoisotopic (exact) mass is 616 g/mol. The minimum Gasteiger partial charge on any atom is -0.466 e. The van der Waals surface area contributed by atoms with Gasteiger partial charge in [-0.25, -0.2) is 14.4 Å². The number of ether oxygens (including phenoxy) is 7. The highest BCUT2D eigenvalue weighted by atomic mass is 16.7. The summed E-state index contributed by atoms with van der Waals surface area (Å²) in [5.41, 5.74) is 1.15. The Morgan fingerprint density at radius 3 is 1.55 bits per heavy atom. The van der Waals surface area contributed by atoms with E-state index in [0.29, 0.717) is 11.1 Å². The van der Waals surface area contributed by atoms with E-state index in [9.17, 15) is 24.0 Å². The molecule has 0 aliphatic rings. The summed E-state index contributed by atoms with van der Waals surface area (Å²) in [5, 5.41) is 8.73. The Labute approximate surface area is 254 Å². The lowest BCUT2D eigenvalue weighted by Gasteiger charge is -2.15. The first-order chi connectivity index (χ1) is 21.0. The molecular formula is C31H36O13. The van der Waals surface area contributed by atoms with Crippen molar-refractivity contribution < 1.29 is 62.2 Å². The summed E-state index contributed by atoms with van der Waals surface area (Å²) in [7, 11) is 0. The van der Waals surface area contributed by atoms with E-state index in [1.807, 2.05) is 0 Å². The lowest BCUT2D eigenvalue weighted by Crippen LogP contribution is -2.21. The lowest BCUT2D eigenvalue weighted by molar-refractivity contribution is -0.144. The van der Waals surface area contributed by atoms with Crippen molar-refractivity contribution in [2.24, 2.45) is 0 Å². The van der Waals surface area contributed by atoms with Crippen molar-refractivity contribution in [3.63, 3.8) is 0 Å². The van der Waals surface area contributed by atoms with Gasteiger partial charge in [-0.05, 0) is 49.2 Å². The molecule has 2 aromatic rings. The molecular weight excluding hydrogens is 580 g/mol. The van der Waals surface area contributed by atoms with Crippen molar-refractivity contribution in [1.82, 2.24) is 0 Å². The van der Waals surface area contributed by atoms with Gasteiger partial charge in [0, 0.05) is 31.7 Å². The molecule has 0 fully saturated rings. The zero-order valence-electron chi connectivity index (χ0n) is 24.9. The first kappa shape index (κ1) is 35.1.